The maximum atomic E-state index is 13.4. The van der Waals surface area contributed by atoms with Crippen molar-refractivity contribution >= 4 is 35.0 Å². The molecule has 3 amide bonds. The number of nitrogens with one attached hydrogen (secondary N) is 2. The van der Waals surface area contributed by atoms with Gasteiger partial charge in [-0.25, -0.2) is 9.59 Å². The minimum Gasteiger partial charge on any atom is -0.462 e. The molecular formula is C27H34N4O4. The van der Waals surface area contributed by atoms with Crippen LogP contribution < -0.4 is 15.5 Å². The molecule has 2 aromatic carbocycles. The van der Waals surface area contributed by atoms with Crippen LogP contribution in [-0.4, -0.2) is 55.6 Å². The molecule has 8 nitrogen and oxygen atoms in total. The van der Waals surface area contributed by atoms with Crippen molar-refractivity contribution in [2.45, 2.75) is 39.5 Å². The van der Waals surface area contributed by atoms with Gasteiger partial charge in [0, 0.05) is 43.2 Å². The van der Waals surface area contributed by atoms with E-state index < -0.39 is 12.0 Å². The maximum Gasteiger partial charge on any atom is 0.338 e. The highest BCUT2D eigenvalue weighted by atomic mass is 16.5. The lowest BCUT2D eigenvalue weighted by Crippen LogP contribution is -2.35. The number of nitrogens with zero attached hydrogens (tertiary/aromatic N) is 2. The second-order valence-electron chi connectivity index (χ2n) is 9.28. The molecular weight excluding hydrogens is 444 g/mol. The van der Waals surface area contributed by atoms with Crippen molar-refractivity contribution in [2.75, 3.05) is 48.3 Å². The summed E-state index contributed by atoms with van der Waals surface area (Å²) in [5.41, 5.74) is 3.10. The molecule has 2 aromatic rings. The van der Waals surface area contributed by atoms with Crippen LogP contribution in [0.3, 0.4) is 0 Å². The number of carbonyl (C=O) groups excluding carboxylic acids is 3. The van der Waals surface area contributed by atoms with Crippen LogP contribution in [0.4, 0.5) is 21.9 Å². The minimum atomic E-state index is -0.423. The first-order valence-electron chi connectivity index (χ1n) is 12.5. The van der Waals surface area contributed by atoms with Gasteiger partial charge in [-0.05, 0) is 81.0 Å². The quantitative estimate of drug-likeness (QED) is 0.572. The summed E-state index contributed by atoms with van der Waals surface area (Å²) >= 11 is 0. The van der Waals surface area contributed by atoms with E-state index in [0.717, 1.165) is 57.5 Å². The summed E-state index contributed by atoms with van der Waals surface area (Å²) in [4.78, 5) is 42.0. The third-order valence-electron chi connectivity index (χ3n) is 6.66. The minimum absolute atomic E-state index is 0.0229. The van der Waals surface area contributed by atoms with E-state index >= 15 is 0 Å². The Morgan fingerprint density at radius 3 is 2.20 bits per heavy atom. The van der Waals surface area contributed by atoms with Crippen LogP contribution in [0.25, 0.3) is 0 Å². The van der Waals surface area contributed by atoms with Crippen molar-refractivity contribution in [2.24, 2.45) is 5.92 Å². The Hall–Kier alpha value is -3.55. The van der Waals surface area contributed by atoms with Crippen LogP contribution in [0.1, 0.15) is 60.2 Å². The number of hydrogen-bond donors (Lipinski definition) is 2. The Morgan fingerprint density at radius 2 is 1.54 bits per heavy atom. The number of urea groups is 1. The number of ether oxygens (including phenoxy) is 1. The van der Waals surface area contributed by atoms with Gasteiger partial charge >= 0.3 is 12.0 Å². The molecule has 8 heteroatoms. The number of carbonyl (C=O) groups is 3. The molecule has 35 heavy (non-hydrogen) atoms. The fraction of sp³-hybridized carbons (Fsp3) is 0.444. The SMILES string of the molecule is CCOC(=O)c1ccc(NC(=O)Nc2ccc(N3CCC(C)CC3)c(C(=O)N3CCCC3)c2)cc1. The summed E-state index contributed by atoms with van der Waals surface area (Å²) < 4.78 is 4.98. The monoisotopic (exact) mass is 478 g/mol. The molecule has 0 bridgehead atoms. The van der Waals surface area contributed by atoms with Crippen LogP contribution >= 0.6 is 0 Å². The van der Waals surface area contributed by atoms with Crippen LogP contribution in [0.5, 0.6) is 0 Å². The lowest BCUT2D eigenvalue weighted by atomic mass is 9.97. The fourth-order valence-electron chi connectivity index (χ4n) is 4.60. The normalized spacial score (nSPS) is 16.2. The maximum absolute atomic E-state index is 13.4. The largest absolute Gasteiger partial charge is 0.462 e. The first-order chi connectivity index (χ1) is 16.9. The van der Waals surface area contributed by atoms with Crippen molar-refractivity contribution in [1.82, 2.24) is 4.90 Å². The zero-order chi connectivity index (χ0) is 24.8. The average molecular weight is 479 g/mol. The first kappa shape index (κ1) is 24.6. The van der Waals surface area contributed by atoms with Crippen molar-refractivity contribution in [3.63, 3.8) is 0 Å². The molecule has 0 aliphatic carbocycles. The standard InChI is InChI=1S/C27H34N4O4/c1-3-35-26(33)20-6-8-21(9-7-20)28-27(34)29-22-10-11-24(30-16-12-19(2)13-17-30)23(18-22)25(32)31-14-4-5-15-31/h6-11,18-19H,3-5,12-17H2,1-2H3,(H2,28,29,34). The Bertz CT molecular complexity index is 1060. The number of amides is 3. The summed E-state index contributed by atoms with van der Waals surface area (Å²) in [6.07, 6.45) is 4.26. The molecule has 2 aliphatic heterocycles. The van der Waals surface area contributed by atoms with Gasteiger partial charge in [-0.1, -0.05) is 6.92 Å². The Balaban J connectivity index is 1.48. The summed E-state index contributed by atoms with van der Waals surface area (Å²) in [5, 5.41) is 5.61. The van der Waals surface area contributed by atoms with Crippen LogP contribution in [0.15, 0.2) is 42.5 Å². The second kappa shape index (κ2) is 11.3. The molecule has 2 saturated heterocycles. The smallest absolute Gasteiger partial charge is 0.338 e. The number of anilines is 3. The lowest BCUT2D eigenvalue weighted by Gasteiger charge is -2.34. The number of benzene rings is 2. The van der Waals surface area contributed by atoms with Crippen LogP contribution in [0, 0.1) is 5.92 Å². The third-order valence-corrected chi connectivity index (χ3v) is 6.66. The highest BCUT2D eigenvalue weighted by molar-refractivity contribution is 6.04. The lowest BCUT2D eigenvalue weighted by molar-refractivity contribution is 0.0526. The van der Waals surface area contributed by atoms with E-state index in [1.165, 1.54) is 0 Å². The van der Waals surface area contributed by atoms with Crippen molar-refractivity contribution in [1.29, 1.82) is 0 Å². The van der Waals surface area contributed by atoms with Crippen LogP contribution in [0.2, 0.25) is 0 Å². The van der Waals surface area contributed by atoms with Gasteiger partial charge in [0.15, 0.2) is 0 Å². The molecule has 186 valence electrons. The molecule has 4 rings (SSSR count). The Morgan fingerprint density at radius 1 is 0.914 bits per heavy atom. The number of piperidine rings is 1. The van der Waals surface area contributed by atoms with Crippen LogP contribution in [-0.2, 0) is 4.74 Å². The molecule has 0 saturated carbocycles. The van der Waals surface area contributed by atoms with E-state index in [9.17, 15) is 14.4 Å². The van der Waals surface area contributed by atoms with E-state index in [2.05, 4.69) is 22.5 Å². The van der Waals surface area contributed by atoms with Gasteiger partial charge in [-0.3, -0.25) is 4.79 Å². The first-order valence-corrected chi connectivity index (χ1v) is 12.5. The molecule has 0 radical (unpaired) electrons. The highest BCUT2D eigenvalue weighted by Crippen LogP contribution is 2.30. The van der Waals surface area contributed by atoms with Gasteiger partial charge in [-0.15, -0.1) is 0 Å². The number of esters is 1. The van der Waals surface area contributed by atoms with E-state index in [-0.39, 0.29) is 5.91 Å². The van der Waals surface area contributed by atoms with E-state index in [4.69, 9.17) is 4.74 Å². The molecule has 0 aromatic heterocycles. The highest BCUT2D eigenvalue weighted by Gasteiger charge is 2.26. The summed E-state index contributed by atoms with van der Waals surface area (Å²) in [6.45, 7) is 7.72. The number of rotatable bonds is 6. The van der Waals surface area contributed by atoms with E-state index in [1.54, 1.807) is 37.3 Å². The zero-order valence-electron chi connectivity index (χ0n) is 20.5. The van der Waals surface area contributed by atoms with Crippen molar-refractivity contribution in [3.8, 4) is 0 Å². The van der Waals surface area contributed by atoms with Crippen molar-refractivity contribution < 1.29 is 19.1 Å². The van der Waals surface area contributed by atoms with E-state index in [1.807, 2.05) is 17.0 Å². The van der Waals surface area contributed by atoms with Gasteiger partial charge in [0.1, 0.15) is 0 Å². The number of hydrogen-bond acceptors (Lipinski definition) is 5. The molecule has 2 fully saturated rings. The number of likely N-dealkylation sites (tertiary alicyclic amines) is 1. The summed E-state index contributed by atoms with van der Waals surface area (Å²) in [5.74, 6) is 0.316. The zero-order valence-corrected chi connectivity index (χ0v) is 20.5. The fourth-order valence-corrected chi connectivity index (χ4v) is 4.60. The molecule has 0 spiro atoms. The van der Waals surface area contributed by atoms with E-state index in [0.29, 0.717) is 35.0 Å². The van der Waals surface area contributed by atoms with Gasteiger partial charge in [0.25, 0.3) is 5.91 Å². The molecule has 0 atom stereocenters. The molecule has 2 heterocycles. The summed E-state index contributed by atoms with van der Waals surface area (Å²) in [7, 11) is 0. The molecule has 2 aliphatic rings. The third kappa shape index (κ3) is 6.12. The topological polar surface area (TPSA) is 91.0 Å². The molecule has 2 N–H and O–H groups in total. The predicted octanol–water partition coefficient (Wildman–Crippen LogP) is 4.98. The van der Waals surface area contributed by atoms with Gasteiger partial charge in [0.05, 0.1) is 17.7 Å². The average Bonchev–Trinajstić information content (AvgIpc) is 3.40. The van der Waals surface area contributed by atoms with Crippen molar-refractivity contribution in [3.05, 3.63) is 53.6 Å². The second-order valence-corrected chi connectivity index (χ2v) is 9.28. The Labute approximate surface area is 206 Å². The summed E-state index contributed by atoms with van der Waals surface area (Å²) in [6, 6.07) is 11.7. The predicted molar refractivity (Wildman–Crippen MR) is 137 cm³/mol. The molecule has 0 unspecified atom stereocenters. The van der Waals surface area contributed by atoms with Gasteiger partial charge in [0.2, 0.25) is 0 Å². The Kier molecular flexibility index (Phi) is 7.90. The van der Waals surface area contributed by atoms with Gasteiger partial charge in [-0.2, -0.15) is 0 Å². The van der Waals surface area contributed by atoms with Gasteiger partial charge < -0.3 is 25.2 Å².